The topological polar surface area (TPSA) is 37.8 Å². The lowest BCUT2D eigenvalue weighted by atomic mass is 10.1. The zero-order valence-electron chi connectivity index (χ0n) is 11.8. The summed E-state index contributed by atoms with van der Waals surface area (Å²) in [6, 6.07) is 16.5. The van der Waals surface area contributed by atoms with Crippen molar-refractivity contribution >= 4 is 27.0 Å². The Kier molecular flexibility index (Phi) is 4.27. The number of hydrogen-bond donors (Lipinski definition) is 1. The van der Waals surface area contributed by atoms with Crippen LogP contribution in [0.4, 0.5) is 0 Å². The molecule has 1 unspecified atom stereocenters. The van der Waals surface area contributed by atoms with Crippen LogP contribution in [0.25, 0.3) is 11.0 Å². The molecule has 106 valence electrons. The molecule has 1 aromatic heterocycles. The van der Waals surface area contributed by atoms with Gasteiger partial charge >= 0.3 is 0 Å². The Morgan fingerprint density at radius 2 is 1.90 bits per heavy atom. The minimum absolute atomic E-state index is 0.260. The second-order valence-electron chi connectivity index (χ2n) is 5.01. The van der Waals surface area contributed by atoms with Gasteiger partial charge < -0.3 is 5.32 Å². The van der Waals surface area contributed by atoms with E-state index in [2.05, 4.69) is 50.3 Å². The molecular formula is C17H16BrN3. The molecule has 1 N–H and O–H groups in total. The van der Waals surface area contributed by atoms with Crippen LogP contribution in [-0.4, -0.2) is 9.97 Å². The molecule has 0 aliphatic carbocycles. The average Bonchev–Trinajstić information content (AvgIpc) is 2.52. The van der Waals surface area contributed by atoms with Crippen molar-refractivity contribution in [1.29, 1.82) is 0 Å². The van der Waals surface area contributed by atoms with Crippen molar-refractivity contribution in [1.82, 2.24) is 15.3 Å². The van der Waals surface area contributed by atoms with Crippen molar-refractivity contribution in [2.24, 2.45) is 0 Å². The van der Waals surface area contributed by atoms with Crippen molar-refractivity contribution in [3.05, 3.63) is 70.5 Å². The summed E-state index contributed by atoms with van der Waals surface area (Å²) in [5.41, 5.74) is 4.07. The van der Waals surface area contributed by atoms with Crippen molar-refractivity contribution in [3.63, 3.8) is 0 Å². The van der Waals surface area contributed by atoms with E-state index in [9.17, 15) is 0 Å². The second-order valence-corrected chi connectivity index (χ2v) is 5.92. The number of rotatable bonds is 4. The van der Waals surface area contributed by atoms with Crippen LogP contribution in [0.5, 0.6) is 0 Å². The molecule has 0 saturated carbocycles. The molecule has 0 aliphatic heterocycles. The van der Waals surface area contributed by atoms with Crippen LogP contribution in [-0.2, 0) is 6.54 Å². The van der Waals surface area contributed by atoms with E-state index >= 15 is 0 Å². The van der Waals surface area contributed by atoms with Gasteiger partial charge in [0, 0.05) is 17.1 Å². The van der Waals surface area contributed by atoms with Gasteiger partial charge in [-0.25, -0.2) is 4.98 Å². The quantitative estimate of drug-likeness (QED) is 0.771. The van der Waals surface area contributed by atoms with Gasteiger partial charge in [0.15, 0.2) is 0 Å². The number of hydrogen-bond acceptors (Lipinski definition) is 3. The molecule has 3 nitrogen and oxygen atoms in total. The summed E-state index contributed by atoms with van der Waals surface area (Å²) in [6.45, 7) is 2.85. The highest BCUT2D eigenvalue weighted by atomic mass is 79.9. The molecule has 3 rings (SSSR count). The number of para-hydroxylation sites is 2. The van der Waals surface area contributed by atoms with E-state index < -0.39 is 0 Å². The third kappa shape index (κ3) is 3.46. The first kappa shape index (κ1) is 14.2. The zero-order chi connectivity index (χ0) is 14.7. The minimum Gasteiger partial charge on any atom is -0.305 e. The molecule has 1 atom stereocenters. The molecule has 0 aliphatic rings. The van der Waals surface area contributed by atoms with Crippen LogP contribution in [0, 0.1) is 0 Å². The number of nitrogens with one attached hydrogen (secondary N) is 1. The number of nitrogens with zero attached hydrogens (tertiary/aromatic N) is 2. The summed E-state index contributed by atoms with van der Waals surface area (Å²) in [5.74, 6) is 0. The molecule has 3 aromatic rings. The largest absolute Gasteiger partial charge is 0.305 e. The standard InChI is InChI=1S/C17H16BrN3/c1-12(13-5-4-6-14(18)9-13)19-10-15-11-20-16-7-2-3-8-17(16)21-15/h2-9,11-12,19H,10H2,1H3. The first-order chi connectivity index (χ1) is 10.2. The van der Waals surface area contributed by atoms with Crippen LogP contribution in [0.2, 0.25) is 0 Å². The highest BCUT2D eigenvalue weighted by Crippen LogP contribution is 2.18. The first-order valence-electron chi connectivity index (χ1n) is 6.92. The lowest BCUT2D eigenvalue weighted by Crippen LogP contribution is -2.18. The number of fused-ring (bicyclic) bond motifs is 1. The molecule has 0 saturated heterocycles. The van der Waals surface area contributed by atoms with Crippen LogP contribution < -0.4 is 5.32 Å². The van der Waals surface area contributed by atoms with Gasteiger partial charge in [-0.15, -0.1) is 0 Å². The highest BCUT2D eigenvalue weighted by Gasteiger charge is 2.06. The minimum atomic E-state index is 0.260. The fraction of sp³-hybridized carbons (Fsp3) is 0.176. The number of halogens is 1. The smallest absolute Gasteiger partial charge is 0.0890 e. The maximum Gasteiger partial charge on any atom is 0.0890 e. The molecular weight excluding hydrogens is 326 g/mol. The van der Waals surface area contributed by atoms with Crippen LogP contribution in [0.15, 0.2) is 59.2 Å². The van der Waals surface area contributed by atoms with Crippen molar-refractivity contribution in [3.8, 4) is 0 Å². The summed E-state index contributed by atoms with van der Waals surface area (Å²) in [4.78, 5) is 9.06. The van der Waals surface area contributed by atoms with Gasteiger partial charge in [-0.05, 0) is 36.8 Å². The molecule has 4 heteroatoms. The fourth-order valence-electron chi connectivity index (χ4n) is 2.23. The van der Waals surface area contributed by atoms with Crippen molar-refractivity contribution in [2.45, 2.75) is 19.5 Å². The van der Waals surface area contributed by atoms with Crippen molar-refractivity contribution < 1.29 is 0 Å². The number of aromatic nitrogens is 2. The first-order valence-corrected chi connectivity index (χ1v) is 7.71. The van der Waals surface area contributed by atoms with E-state index in [4.69, 9.17) is 0 Å². The fourth-order valence-corrected chi connectivity index (χ4v) is 2.65. The summed E-state index contributed by atoms with van der Waals surface area (Å²) in [6.07, 6.45) is 1.84. The summed E-state index contributed by atoms with van der Waals surface area (Å²) >= 11 is 3.50. The Hall–Kier alpha value is -1.78. The third-order valence-electron chi connectivity index (χ3n) is 3.44. The van der Waals surface area contributed by atoms with E-state index in [1.54, 1.807) is 0 Å². The van der Waals surface area contributed by atoms with Gasteiger partial charge in [0.05, 0.1) is 22.9 Å². The molecule has 2 aromatic carbocycles. The van der Waals surface area contributed by atoms with Crippen molar-refractivity contribution in [2.75, 3.05) is 0 Å². The average molecular weight is 342 g/mol. The Bertz CT molecular complexity index is 758. The molecule has 0 radical (unpaired) electrons. The van der Waals surface area contributed by atoms with Crippen LogP contribution >= 0.6 is 15.9 Å². The molecule has 1 heterocycles. The maximum atomic E-state index is 4.62. The molecule has 0 bridgehead atoms. The highest BCUT2D eigenvalue weighted by molar-refractivity contribution is 9.10. The van der Waals surface area contributed by atoms with Gasteiger partial charge in [-0.1, -0.05) is 40.2 Å². The summed E-state index contributed by atoms with van der Waals surface area (Å²) in [7, 11) is 0. The van der Waals surface area contributed by atoms with Gasteiger partial charge in [0.2, 0.25) is 0 Å². The summed E-state index contributed by atoms with van der Waals surface area (Å²) in [5, 5.41) is 3.48. The SMILES string of the molecule is CC(NCc1cnc2ccccc2n1)c1cccc(Br)c1. The predicted octanol–water partition coefficient (Wildman–Crippen LogP) is 4.24. The Morgan fingerprint density at radius 3 is 2.71 bits per heavy atom. The van der Waals surface area contributed by atoms with E-state index in [0.717, 1.165) is 21.2 Å². The lowest BCUT2D eigenvalue weighted by molar-refractivity contribution is 0.567. The molecule has 0 spiro atoms. The molecule has 0 amide bonds. The second kappa shape index (κ2) is 6.33. The lowest BCUT2D eigenvalue weighted by Gasteiger charge is -2.14. The van der Waals surface area contributed by atoms with E-state index in [0.29, 0.717) is 6.54 Å². The van der Waals surface area contributed by atoms with Crippen LogP contribution in [0.1, 0.15) is 24.2 Å². The molecule has 21 heavy (non-hydrogen) atoms. The molecule has 0 fully saturated rings. The number of benzene rings is 2. The van der Waals surface area contributed by atoms with E-state index in [1.807, 2.05) is 42.6 Å². The predicted molar refractivity (Wildman–Crippen MR) is 88.9 cm³/mol. The Labute approximate surface area is 132 Å². The van der Waals surface area contributed by atoms with Gasteiger partial charge in [-0.2, -0.15) is 0 Å². The Morgan fingerprint density at radius 1 is 1.10 bits per heavy atom. The van der Waals surface area contributed by atoms with Gasteiger partial charge in [0.1, 0.15) is 0 Å². The maximum absolute atomic E-state index is 4.62. The monoisotopic (exact) mass is 341 g/mol. The zero-order valence-corrected chi connectivity index (χ0v) is 13.3. The Balaban J connectivity index is 1.71. The van der Waals surface area contributed by atoms with Gasteiger partial charge in [0.25, 0.3) is 0 Å². The summed E-state index contributed by atoms with van der Waals surface area (Å²) < 4.78 is 1.10. The third-order valence-corrected chi connectivity index (χ3v) is 3.93. The normalized spacial score (nSPS) is 12.5. The van der Waals surface area contributed by atoms with E-state index in [-0.39, 0.29) is 6.04 Å². The van der Waals surface area contributed by atoms with Crippen LogP contribution in [0.3, 0.4) is 0 Å². The van der Waals surface area contributed by atoms with Gasteiger partial charge in [-0.3, -0.25) is 4.98 Å². The van der Waals surface area contributed by atoms with E-state index in [1.165, 1.54) is 5.56 Å².